The van der Waals surface area contributed by atoms with E-state index < -0.39 is 0 Å². The molecule has 0 aliphatic carbocycles. The molecule has 0 bridgehead atoms. The fraction of sp³-hybridized carbons (Fsp3) is 0.438. The van der Waals surface area contributed by atoms with Crippen molar-refractivity contribution in [1.82, 2.24) is 10.3 Å². The zero-order valence-electron chi connectivity index (χ0n) is 12.0. The number of benzene rings is 1. The Hall–Kier alpha value is -1.41. The van der Waals surface area contributed by atoms with Crippen LogP contribution in [0.25, 0.3) is 10.9 Å². The first-order valence-electron chi connectivity index (χ1n) is 6.59. The molecule has 96 valence electrons. The van der Waals surface area contributed by atoms with Crippen LogP contribution in [-0.4, -0.2) is 11.0 Å². The van der Waals surface area contributed by atoms with Gasteiger partial charge in [-0.3, -0.25) is 4.98 Å². The third-order valence-electron chi connectivity index (χ3n) is 3.42. The van der Waals surface area contributed by atoms with Gasteiger partial charge in [0.2, 0.25) is 0 Å². The van der Waals surface area contributed by atoms with E-state index in [0.717, 1.165) is 17.8 Å². The number of pyridine rings is 1. The summed E-state index contributed by atoms with van der Waals surface area (Å²) in [4.78, 5) is 4.70. The molecular formula is C16H22N2. The molecule has 0 unspecified atom stereocenters. The summed E-state index contributed by atoms with van der Waals surface area (Å²) in [6, 6.07) is 7.07. The van der Waals surface area contributed by atoms with E-state index in [1.165, 1.54) is 22.1 Å². The lowest BCUT2D eigenvalue weighted by atomic mass is 10.0. The molecule has 1 heterocycles. The van der Waals surface area contributed by atoms with Crippen LogP contribution >= 0.6 is 0 Å². The van der Waals surface area contributed by atoms with Gasteiger partial charge in [0.1, 0.15) is 0 Å². The Morgan fingerprint density at radius 1 is 1.17 bits per heavy atom. The lowest BCUT2D eigenvalue weighted by Crippen LogP contribution is -2.22. The fourth-order valence-corrected chi connectivity index (χ4v) is 2.20. The van der Waals surface area contributed by atoms with E-state index in [-0.39, 0.29) is 0 Å². The van der Waals surface area contributed by atoms with Crippen molar-refractivity contribution in [3.63, 3.8) is 0 Å². The molecule has 2 rings (SSSR count). The van der Waals surface area contributed by atoms with Crippen molar-refractivity contribution in [1.29, 1.82) is 0 Å². The molecule has 0 aliphatic rings. The Morgan fingerprint density at radius 2 is 1.89 bits per heavy atom. The number of aromatic nitrogens is 1. The van der Waals surface area contributed by atoms with Crippen LogP contribution in [0.5, 0.6) is 0 Å². The predicted octanol–water partition coefficient (Wildman–Crippen LogP) is 3.66. The Kier molecular flexibility index (Phi) is 3.67. The zero-order chi connectivity index (χ0) is 13.3. The van der Waals surface area contributed by atoms with Gasteiger partial charge >= 0.3 is 0 Å². The van der Waals surface area contributed by atoms with Gasteiger partial charge in [-0.2, -0.15) is 0 Å². The summed E-state index contributed by atoms with van der Waals surface area (Å²) in [7, 11) is 0. The van der Waals surface area contributed by atoms with E-state index in [0.29, 0.717) is 6.04 Å². The largest absolute Gasteiger partial charge is 0.310 e. The summed E-state index contributed by atoms with van der Waals surface area (Å²) in [5, 5.41) is 4.76. The van der Waals surface area contributed by atoms with Gasteiger partial charge in [-0.1, -0.05) is 26.0 Å². The van der Waals surface area contributed by atoms with E-state index in [1.807, 2.05) is 0 Å². The lowest BCUT2D eigenvalue weighted by Gasteiger charge is -2.13. The molecule has 2 heteroatoms. The highest BCUT2D eigenvalue weighted by Gasteiger charge is 2.08. The monoisotopic (exact) mass is 242 g/mol. The molecule has 2 nitrogen and oxygen atoms in total. The second-order valence-electron chi connectivity index (χ2n) is 5.36. The molecule has 1 aromatic heterocycles. The van der Waals surface area contributed by atoms with Gasteiger partial charge in [0, 0.05) is 23.7 Å². The Labute approximate surface area is 109 Å². The molecule has 0 saturated heterocycles. The van der Waals surface area contributed by atoms with Gasteiger partial charge in [0.05, 0.1) is 5.52 Å². The molecular weight excluding hydrogens is 220 g/mol. The molecule has 0 atom stereocenters. The number of rotatable bonds is 3. The molecule has 2 aromatic rings. The number of hydrogen-bond donors (Lipinski definition) is 1. The van der Waals surface area contributed by atoms with Crippen molar-refractivity contribution in [2.45, 2.75) is 47.2 Å². The zero-order valence-corrected chi connectivity index (χ0v) is 12.0. The number of hydrogen-bond acceptors (Lipinski definition) is 2. The van der Waals surface area contributed by atoms with Crippen molar-refractivity contribution in [2.75, 3.05) is 0 Å². The molecule has 1 aromatic carbocycles. The number of nitrogens with zero attached hydrogens (tertiary/aromatic N) is 1. The first-order chi connectivity index (χ1) is 8.49. The van der Waals surface area contributed by atoms with Gasteiger partial charge in [0.15, 0.2) is 0 Å². The van der Waals surface area contributed by atoms with Crippen LogP contribution < -0.4 is 5.32 Å². The van der Waals surface area contributed by atoms with Crippen LogP contribution in [0.4, 0.5) is 0 Å². The first kappa shape index (κ1) is 13.0. The summed E-state index contributed by atoms with van der Waals surface area (Å²) in [5.41, 5.74) is 6.19. The summed E-state index contributed by atoms with van der Waals surface area (Å²) in [6.45, 7) is 11.6. The van der Waals surface area contributed by atoms with Crippen molar-refractivity contribution in [3.8, 4) is 0 Å². The Morgan fingerprint density at radius 3 is 2.56 bits per heavy atom. The van der Waals surface area contributed by atoms with E-state index in [9.17, 15) is 0 Å². The van der Waals surface area contributed by atoms with E-state index >= 15 is 0 Å². The van der Waals surface area contributed by atoms with Gasteiger partial charge < -0.3 is 5.32 Å². The molecule has 0 amide bonds. The van der Waals surface area contributed by atoms with Crippen molar-refractivity contribution >= 4 is 10.9 Å². The topological polar surface area (TPSA) is 24.9 Å². The van der Waals surface area contributed by atoms with Crippen LogP contribution in [0, 0.1) is 20.8 Å². The van der Waals surface area contributed by atoms with Crippen LogP contribution in [0.1, 0.15) is 36.2 Å². The maximum Gasteiger partial charge on any atom is 0.0740 e. The molecule has 18 heavy (non-hydrogen) atoms. The Bertz CT molecular complexity index is 571. The minimum atomic E-state index is 0.500. The van der Waals surface area contributed by atoms with E-state index in [1.54, 1.807) is 0 Å². The summed E-state index contributed by atoms with van der Waals surface area (Å²) in [6.07, 6.45) is 0. The normalized spacial score (nSPS) is 11.4. The SMILES string of the molecule is Cc1cc(CNC(C)C)c2ccc(C)c(C)c2n1. The van der Waals surface area contributed by atoms with Gasteiger partial charge in [-0.25, -0.2) is 0 Å². The first-order valence-corrected chi connectivity index (χ1v) is 6.59. The van der Waals surface area contributed by atoms with Crippen LogP contribution in [0.15, 0.2) is 18.2 Å². The van der Waals surface area contributed by atoms with Crippen LogP contribution in [-0.2, 0) is 6.54 Å². The summed E-state index contributed by atoms with van der Waals surface area (Å²) < 4.78 is 0. The third-order valence-corrected chi connectivity index (χ3v) is 3.42. The lowest BCUT2D eigenvalue weighted by molar-refractivity contribution is 0.590. The standard InChI is InChI=1S/C16H22N2/c1-10(2)17-9-14-8-12(4)18-16-13(5)11(3)6-7-15(14)16/h6-8,10,17H,9H2,1-5H3. The molecule has 0 aliphatic heterocycles. The second-order valence-corrected chi connectivity index (χ2v) is 5.36. The molecule has 0 spiro atoms. The number of nitrogens with one attached hydrogen (secondary N) is 1. The molecule has 0 fully saturated rings. The second kappa shape index (κ2) is 5.07. The van der Waals surface area contributed by atoms with Crippen molar-refractivity contribution in [3.05, 3.63) is 40.6 Å². The maximum absolute atomic E-state index is 4.70. The number of fused-ring (bicyclic) bond motifs is 1. The smallest absolute Gasteiger partial charge is 0.0740 e. The van der Waals surface area contributed by atoms with Crippen molar-refractivity contribution in [2.24, 2.45) is 0 Å². The van der Waals surface area contributed by atoms with Crippen LogP contribution in [0.2, 0.25) is 0 Å². The minimum Gasteiger partial charge on any atom is -0.310 e. The van der Waals surface area contributed by atoms with Gasteiger partial charge in [0.25, 0.3) is 0 Å². The maximum atomic E-state index is 4.70. The van der Waals surface area contributed by atoms with Gasteiger partial charge in [-0.15, -0.1) is 0 Å². The summed E-state index contributed by atoms with van der Waals surface area (Å²) >= 11 is 0. The summed E-state index contributed by atoms with van der Waals surface area (Å²) in [5.74, 6) is 0. The van der Waals surface area contributed by atoms with E-state index in [2.05, 4.69) is 58.1 Å². The highest BCUT2D eigenvalue weighted by molar-refractivity contribution is 5.86. The molecule has 1 N–H and O–H groups in total. The van der Waals surface area contributed by atoms with E-state index in [4.69, 9.17) is 4.98 Å². The highest BCUT2D eigenvalue weighted by atomic mass is 14.9. The third kappa shape index (κ3) is 2.54. The quantitative estimate of drug-likeness (QED) is 0.888. The van der Waals surface area contributed by atoms with Crippen LogP contribution in [0.3, 0.4) is 0 Å². The van der Waals surface area contributed by atoms with Gasteiger partial charge in [-0.05, 0) is 43.5 Å². The average molecular weight is 242 g/mol. The van der Waals surface area contributed by atoms with Crippen molar-refractivity contribution < 1.29 is 0 Å². The molecule has 0 saturated carbocycles. The minimum absolute atomic E-state index is 0.500. The average Bonchev–Trinajstić information content (AvgIpc) is 2.31. The number of aryl methyl sites for hydroxylation is 3. The highest BCUT2D eigenvalue weighted by Crippen LogP contribution is 2.23. The Balaban J connectivity index is 2.56. The predicted molar refractivity (Wildman–Crippen MR) is 77.9 cm³/mol. The fourth-order valence-electron chi connectivity index (χ4n) is 2.20. The molecule has 0 radical (unpaired) electrons.